The van der Waals surface area contributed by atoms with Gasteiger partial charge in [0.2, 0.25) is 0 Å². The molecule has 0 aliphatic carbocycles. The summed E-state index contributed by atoms with van der Waals surface area (Å²) in [7, 11) is 0. The van der Waals surface area contributed by atoms with Gasteiger partial charge in [0, 0.05) is 18.3 Å². The number of rotatable bonds is 4. The normalized spacial score (nSPS) is 11.2. The van der Waals surface area contributed by atoms with Crippen LogP contribution in [0.1, 0.15) is 44.5 Å². The molecule has 0 aliphatic heterocycles. The molecular formula is C13H20ClN3O. The minimum atomic E-state index is -0.291. The first-order chi connectivity index (χ1) is 8.33. The zero-order chi connectivity index (χ0) is 13.8. The van der Waals surface area contributed by atoms with Crippen LogP contribution in [0.25, 0.3) is 0 Å². The molecule has 1 heterocycles. The van der Waals surface area contributed by atoms with Crippen LogP contribution in [-0.2, 0) is 0 Å². The Bertz CT molecular complexity index is 427. The first-order valence-electron chi connectivity index (χ1n) is 6.05. The van der Waals surface area contributed by atoms with Crippen LogP contribution in [-0.4, -0.2) is 23.0 Å². The van der Waals surface area contributed by atoms with Gasteiger partial charge in [-0.05, 0) is 33.3 Å². The smallest absolute Gasteiger partial charge is 0.253 e. The van der Waals surface area contributed by atoms with E-state index in [1.807, 2.05) is 20.8 Å². The molecule has 1 amide bonds. The highest BCUT2D eigenvalue weighted by molar-refractivity contribution is 6.33. The van der Waals surface area contributed by atoms with E-state index in [2.05, 4.69) is 22.5 Å². The lowest BCUT2D eigenvalue weighted by Crippen LogP contribution is -2.40. The van der Waals surface area contributed by atoms with Crippen LogP contribution in [0, 0.1) is 0 Å². The van der Waals surface area contributed by atoms with Crippen molar-refractivity contribution in [2.75, 3.05) is 11.9 Å². The molecule has 1 aromatic rings. The van der Waals surface area contributed by atoms with E-state index in [1.165, 1.54) is 6.20 Å². The molecule has 0 aromatic carbocycles. The number of hydrogen-bond acceptors (Lipinski definition) is 3. The third-order valence-electron chi connectivity index (χ3n) is 2.14. The first kappa shape index (κ1) is 14.8. The van der Waals surface area contributed by atoms with Crippen molar-refractivity contribution in [1.29, 1.82) is 0 Å². The lowest BCUT2D eigenvalue weighted by Gasteiger charge is -2.21. The minimum absolute atomic E-state index is 0.186. The zero-order valence-corrected chi connectivity index (χ0v) is 12.1. The molecule has 0 atom stereocenters. The van der Waals surface area contributed by atoms with Gasteiger partial charge in [-0.3, -0.25) is 4.79 Å². The molecule has 0 spiro atoms. The predicted octanol–water partition coefficient (Wildman–Crippen LogP) is 3.09. The SMILES string of the molecule is CCCNc1cc(C(=O)NC(C)(C)C)c(Cl)cn1. The second-order valence-electron chi connectivity index (χ2n) is 5.18. The lowest BCUT2D eigenvalue weighted by atomic mass is 10.1. The lowest BCUT2D eigenvalue weighted by molar-refractivity contribution is 0.0919. The monoisotopic (exact) mass is 269 g/mol. The molecule has 4 nitrogen and oxygen atoms in total. The molecule has 0 bridgehead atoms. The molecule has 0 saturated heterocycles. The van der Waals surface area contributed by atoms with Crippen LogP contribution >= 0.6 is 11.6 Å². The van der Waals surface area contributed by atoms with Gasteiger partial charge >= 0.3 is 0 Å². The van der Waals surface area contributed by atoms with Gasteiger partial charge in [-0.1, -0.05) is 18.5 Å². The van der Waals surface area contributed by atoms with Gasteiger partial charge < -0.3 is 10.6 Å². The summed E-state index contributed by atoms with van der Waals surface area (Å²) < 4.78 is 0. The fourth-order valence-electron chi connectivity index (χ4n) is 1.37. The van der Waals surface area contributed by atoms with E-state index in [1.54, 1.807) is 6.07 Å². The highest BCUT2D eigenvalue weighted by Crippen LogP contribution is 2.18. The third-order valence-corrected chi connectivity index (χ3v) is 2.45. The number of aromatic nitrogens is 1. The van der Waals surface area contributed by atoms with Gasteiger partial charge in [0.1, 0.15) is 5.82 Å². The second kappa shape index (κ2) is 6.05. The maximum atomic E-state index is 12.1. The number of carbonyl (C=O) groups excluding carboxylic acids is 1. The quantitative estimate of drug-likeness (QED) is 0.883. The van der Waals surface area contributed by atoms with Crippen LogP contribution in [0.2, 0.25) is 5.02 Å². The topological polar surface area (TPSA) is 54.0 Å². The number of hydrogen-bond donors (Lipinski definition) is 2. The summed E-state index contributed by atoms with van der Waals surface area (Å²) in [6.07, 6.45) is 2.49. The Balaban J connectivity index is 2.89. The summed E-state index contributed by atoms with van der Waals surface area (Å²) in [5, 5.41) is 6.37. The molecule has 1 aromatic heterocycles. The van der Waals surface area contributed by atoms with Crippen LogP contribution in [0.4, 0.5) is 5.82 Å². The van der Waals surface area contributed by atoms with E-state index >= 15 is 0 Å². The Morgan fingerprint density at radius 1 is 1.44 bits per heavy atom. The van der Waals surface area contributed by atoms with E-state index < -0.39 is 0 Å². The Hall–Kier alpha value is -1.29. The summed E-state index contributed by atoms with van der Waals surface area (Å²) >= 11 is 6.00. The summed E-state index contributed by atoms with van der Waals surface area (Å²) in [5.74, 6) is 0.481. The molecule has 0 fully saturated rings. The van der Waals surface area contributed by atoms with E-state index in [0.717, 1.165) is 13.0 Å². The van der Waals surface area contributed by atoms with Gasteiger partial charge in [0.25, 0.3) is 5.91 Å². The van der Waals surface area contributed by atoms with Crippen molar-refractivity contribution in [3.8, 4) is 0 Å². The van der Waals surface area contributed by atoms with Crippen LogP contribution in [0.5, 0.6) is 0 Å². The molecular weight excluding hydrogens is 250 g/mol. The molecule has 0 aliphatic rings. The van der Waals surface area contributed by atoms with Crippen molar-refractivity contribution in [3.05, 3.63) is 22.8 Å². The number of pyridine rings is 1. The van der Waals surface area contributed by atoms with Gasteiger partial charge in [-0.25, -0.2) is 4.98 Å². The van der Waals surface area contributed by atoms with Crippen molar-refractivity contribution < 1.29 is 4.79 Å². The molecule has 1 rings (SSSR count). The number of nitrogens with one attached hydrogen (secondary N) is 2. The van der Waals surface area contributed by atoms with E-state index in [-0.39, 0.29) is 11.4 Å². The fraction of sp³-hybridized carbons (Fsp3) is 0.538. The number of carbonyl (C=O) groups is 1. The standard InChI is InChI=1S/C13H20ClN3O/c1-5-6-15-11-7-9(10(14)8-16-11)12(18)17-13(2,3)4/h7-8H,5-6H2,1-4H3,(H,15,16)(H,17,18). The largest absolute Gasteiger partial charge is 0.370 e. The second-order valence-corrected chi connectivity index (χ2v) is 5.59. The van der Waals surface area contributed by atoms with E-state index in [9.17, 15) is 4.79 Å². The molecule has 100 valence electrons. The molecule has 0 saturated carbocycles. The Morgan fingerprint density at radius 3 is 2.67 bits per heavy atom. The highest BCUT2D eigenvalue weighted by Gasteiger charge is 2.18. The van der Waals surface area contributed by atoms with Gasteiger partial charge in [-0.15, -0.1) is 0 Å². The molecule has 0 unspecified atom stereocenters. The molecule has 18 heavy (non-hydrogen) atoms. The first-order valence-corrected chi connectivity index (χ1v) is 6.43. The van der Waals surface area contributed by atoms with Crippen molar-refractivity contribution in [2.24, 2.45) is 0 Å². The van der Waals surface area contributed by atoms with E-state index in [0.29, 0.717) is 16.4 Å². The van der Waals surface area contributed by atoms with Crippen molar-refractivity contribution in [3.63, 3.8) is 0 Å². The maximum Gasteiger partial charge on any atom is 0.253 e. The third kappa shape index (κ3) is 4.53. The molecule has 5 heteroatoms. The maximum absolute atomic E-state index is 12.1. The minimum Gasteiger partial charge on any atom is -0.370 e. The summed E-state index contributed by atoms with van der Waals surface area (Å²) in [4.78, 5) is 16.2. The predicted molar refractivity (Wildman–Crippen MR) is 75.2 cm³/mol. The van der Waals surface area contributed by atoms with Crippen LogP contribution < -0.4 is 10.6 Å². The Morgan fingerprint density at radius 2 is 2.11 bits per heavy atom. The summed E-state index contributed by atoms with van der Waals surface area (Å²) in [6, 6.07) is 1.68. The summed E-state index contributed by atoms with van der Waals surface area (Å²) in [5.41, 5.74) is 0.154. The zero-order valence-electron chi connectivity index (χ0n) is 11.3. The average molecular weight is 270 g/mol. The van der Waals surface area contributed by atoms with Gasteiger partial charge in [0.15, 0.2) is 0 Å². The van der Waals surface area contributed by atoms with Gasteiger partial charge in [0.05, 0.1) is 10.6 Å². The number of nitrogens with zero attached hydrogens (tertiary/aromatic N) is 1. The van der Waals surface area contributed by atoms with Crippen molar-refractivity contribution >= 4 is 23.3 Å². The number of halogens is 1. The molecule has 0 radical (unpaired) electrons. The number of anilines is 1. The van der Waals surface area contributed by atoms with Crippen molar-refractivity contribution in [2.45, 2.75) is 39.7 Å². The summed E-state index contributed by atoms with van der Waals surface area (Å²) in [6.45, 7) is 8.66. The van der Waals surface area contributed by atoms with Crippen LogP contribution in [0.3, 0.4) is 0 Å². The van der Waals surface area contributed by atoms with Crippen molar-refractivity contribution in [1.82, 2.24) is 10.3 Å². The Labute approximate surface area is 113 Å². The van der Waals surface area contributed by atoms with E-state index in [4.69, 9.17) is 11.6 Å². The van der Waals surface area contributed by atoms with Gasteiger partial charge in [-0.2, -0.15) is 0 Å². The average Bonchev–Trinajstić information content (AvgIpc) is 2.25. The molecule has 2 N–H and O–H groups in total. The fourth-order valence-corrected chi connectivity index (χ4v) is 1.56. The highest BCUT2D eigenvalue weighted by atomic mass is 35.5. The number of amides is 1. The Kier molecular flexibility index (Phi) is 4.96. The van der Waals surface area contributed by atoms with Crippen LogP contribution in [0.15, 0.2) is 12.3 Å².